The van der Waals surface area contributed by atoms with Crippen molar-refractivity contribution in [3.63, 3.8) is 0 Å². The van der Waals surface area contributed by atoms with Gasteiger partial charge in [0.2, 0.25) is 0 Å². The standard InChI is InChI=1S/C53H44N2/c1-52(2,3)55-49-26-15-13-22-42(49)43-30-29-39(34-50(43)55)54(38-28-27-37-21-16-24-41(45(37)31-38)35-17-8-6-9-18-35)40-32-46(36-19-10-7-11-20-36)51-44-23-12-14-25-47(44)53(4,5)48(51)33-40/h6-34H,1-5H3. The van der Waals surface area contributed by atoms with E-state index >= 15 is 0 Å². The van der Waals surface area contributed by atoms with Gasteiger partial charge < -0.3 is 9.47 Å². The largest absolute Gasteiger partial charge is 0.335 e. The second-order valence-electron chi connectivity index (χ2n) is 16.6. The molecule has 1 heterocycles. The first-order chi connectivity index (χ1) is 26.7. The van der Waals surface area contributed by atoms with Crippen LogP contribution in [-0.2, 0) is 11.0 Å². The Bertz CT molecular complexity index is 2920. The van der Waals surface area contributed by atoms with E-state index in [-0.39, 0.29) is 11.0 Å². The third-order valence-corrected chi connectivity index (χ3v) is 11.8. The van der Waals surface area contributed by atoms with Crippen LogP contribution in [0.2, 0.25) is 0 Å². The number of fused-ring (bicyclic) bond motifs is 7. The molecule has 0 fully saturated rings. The lowest BCUT2D eigenvalue weighted by atomic mass is 9.81. The number of rotatable bonds is 5. The van der Waals surface area contributed by atoms with Gasteiger partial charge in [0.25, 0.3) is 0 Å². The van der Waals surface area contributed by atoms with E-state index in [9.17, 15) is 0 Å². The molecule has 0 amide bonds. The van der Waals surface area contributed by atoms with Gasteiger partial charge in [-0.2, -0.15) is 0 Å². The van der Waals surface area contributed by atoms with Gasteiger partial charge in [-0.25, -0.2) is 0 Å². The molecular weight excluding hydrogens is 665 g/mol. The predicted molar refractivity (Wildman–Crippen MR) is 235 cm³/mol. The van der Waals surface area contributed by atoms with E-state index in [0.29, 0.717) is 0 Å². The van der Waals surface area contributed by atoms with Crippen molar-refractivity contribution < 1.29 is 0 Å². The van der Waals surface area contributed by atoms with E-state index in [1.165, 1.54) is 77.1 Å². The number of para-hydroxylation sites is 1. The van der Waals surface area contributed by atoms with Crippen molar-refractivity contribution in [1.82, 2.24) is 4.57 Å². The molecule has 1 aliphatic carbocycles. The number of hydrogen-bond donors (Lipinski definition) is 0. The number of nitrogens with zero attached hydrogens (tertiary/aromatic N) is 2. The van der Waals surface area contributed by atoms with Crippen LogP contribution in [0.1, 0.15) is 45.7 Å². The highest BCUT2D eigenvalue weighted by Crippen LogP contribution is 2.55. The number of anilines is 3. The predicted octanol–water partition coefficient (Wildman–Crippen LogP) is 14.8. The lowest BCUT2D eigenvalue weighted by Gasteiger charge is -2.30. The normalized spacial score (nSPS) is 13.3. The minimum Gasteiger partial charge on any atom is -0.335 e. The molecule has 8 aromatic carbocycles. The van der Waals surface area contributed by atoms with Crippen LogP contribution in [0.3, 0.4) is 0 Å². The molecule has 2 nitrogen and oxygen atoms in total. The molecular formula is C53H44N2. The van der Waals surface area contributed by atoms with Gasteiger partial charge in [-0.1, -0.05) is 147 Å². The van der Waals surface area contributed by atoms with Crippen molar-refractivity contribution >= 4 is 49.6 Å². The molecule has 1 aliphatic rings. The zero-order valence-electron chi connectivity index (χ0n) is 32.1. The first-order valence-corrected chi connectivity index (χ1v) is 19.4. The summed E-state index contributed by atoms with van der Waals surface area (Å²) in [6.45, 7) is 11.7. The second kappa shape index (κ2) is 12.3. The quantitative estimate of drug-likeness (QED) is 0.173. The molecule has 9 aromatic rings. The Morgan fingerprint density at radius 1 is 0.436 bits per heavy atom. The van der Waals surface area contributed by atoms with Crippen molar-refractivity contribution in [2.45, 2.75) is 45.6 Å². The monoisotopic (exact) mass is 708 g/mol. The zero-order chi connectivity index (χ0) is 37.5. The third kappa shape index (κ3) is 5.23. The molecule has 266 valence electrons. The van der Waals surface area contributed by atoms with Gasteiger partial charge in [0.05, 0.1) is 5.52 Å². The summed E-state index contributed by atoms with van der Waals surface area (Å²) in [5.41, 5.74) is 15.9. The Balaban J connectivity index is 1.29. The molecule has 0 aliphatic heterocycles. The molecule has 2 heteroatoms. The maximum Gasteiger partial charge on any atom is 0.0517 e. The van der Waals surface area contributed by atoms with Crippen molar-refractivity contribution in [2.24, 2.45) is 0 Å². The van der Waals surface area contributed by atoms with Gasteiger partial charge in [-0.05, 0) is 119 Å². The summed E-state index contributed by atoms with van der Waals surface area (Å²) in [5, 5.41) is 5.02. The Morgan fingerprint density at radius 3 is 1.82 bits per heavy atom. The Hall–Kier alpha value is -6.38. The highest BCUT2D eigenvalue weighted by Gasteiger charge is 2.38. The minimum absolute atomic E-state index is 0.123. The second-order valence-corrected chi connectivity index (χ2v) is 16.6. The number of aromatic nitrogens is 1. The molecule has 10 rings (SSSR count). The van der Waals surface area contributed by atoms with Crippen molar-refractivity contribution in [1.29, 1.82) is 0 Å². The summed E-state index contributed by atoms with van der Waals surface area (Å²) in [4.78, 5) is 2.50. The maximum absolute atomic E-state index is 2.52. The van der Waals surface area contributed by atoms with E-state index in [0.717, 1.165) is 17.1 Å². The average molecular weight is 709 g/mol. The summed E-state index contributed by atoms with van der Waals surface area (Å²) >= 11 is 0. The highest BCUT2D eigenvalue weighted by atomic mass is 15.1. The van der Waals surface area contributed by atoms with Crippen LogP contribution in [0.25, 0.3) is 66.0 Å². The highest BCUT2D eigenvalue weighted by molar-refractivity contribution is 6.10. The summed E-state index contributed by atoms with van der Waals surface area (Å²) in [5.74, 6) is 0. The van der Waals surface area contributed by atoms with E-state index in [1.54, 1.807) is 0 Å². The molecule has 0 unspecified atom stereocenters. The maximum atomic E-state index is 2.52. The van der Waals surface area contributed by atoms with Gasteiger partial charge >= 0.3 is 0 Å². The smallest absolute Gasteiger partial charge is 0.0517 e. The Morgan fingerprint density at radius 2 is 1.05 bits per heavy atom. The van der Waals surface area contributed by atoms with Crippen LogP contribution in [0.15, 0.2) is 176 Å². The Labute approximate surface area is 323 Å². The molecule has 0 atom stereocenters. The fourth-order valence-electron chi connectivity index (χ4n) is 9.31. The molecule has 0 spiro atoms. The topological polar surface area (TPSA) is 8.17 Å². The van der Waals surface area contributed by atoms with Crippen LogP contribution < -0.4 is 4.90 Å². The van der Waals surface area contributed by atoms with Gasteiger partial charge in [0, 0.05) is 44.3 Å². The summed E-state index contributed by atoms with van der Waals surface area (Å²) in [6, 6.07) is 65.2. The summed E-state index contributed by atoms with van der Waals surface area (Å²) < 4.78 is 2.52. The van der Waals surface area contributed by atoms with Crippen molar-refractivity contribution in [3.05, 3.63) is 187 Å². The fourth-order valence-corrected chi connectivity index (χ4v) is 9.31. The van der Waals surface area contributed by atoms with Gasteiger partial charge in [-0.3, -0.25) is 0 Å². The van der Waals surface area contributed by atoms with Crippen LogP contribution in [0.5, 0.6) is 0 Å². The summed E-state index contributed by atoms with van der Waals surface area (Å²) in [6.07, 6.45) is 0. The Kier molecular flexibility index (Phi) is 7.44. The summed E-state index contributed by atoms with van der Waals surface area (Å²) in [7, 11) is 0. The lowest BCUT2D eigenvalue weighted by molar-refractivity contribution is 0.423. The fraction of sp³-hybridized carbons (Fsp3) is 0.132. The van der Waals surface area contributed by atoms with E-state index < -0.39 is 0 Å². The van der Waals surface area contributed by atoms with Gasteiger partial charge in [0.1, 0.15) is 0 Å². The first kappa shape index (κ1) is 33.2. The molecule has 0 N–H and O–H groups in total. The minimum atomic E-state index is -0.177. The number of hydrogen-bond acceptors (Lipinski definition) is 1. The molecule has 0 saturated heterocycles. The first-order valence-electron chi connectivity index (χ1n) is 19.4. The average Bonchev–Trinajstić information content (AvgIpc) is 3.67. The van der Waals surface area contributed by atoms with Crippen LogP contribution in [0.4, 0.5) is 17.1 Å². The van der Waals surface area contributed by atoms with Gasteiger partial charge in [-0.15, -0.1) is 0 Å². The molecule has 0 radical (unpaired) electrons. The number of benzene rings is 8. The van der Waals surface area contributed by atoms with Crippen molar-refractivity contribution in [3.8, 4) is 33.4 Å². The molecule has 55 heavy (non-hydrogen) atoms. The van der Waals surface area contributed by atoms with E-state index in [2.05, 4.69) is 220 Å². The van der Waals surface area contributed by atoms with Crippen molar-refractivity contribution in [2.75, 3.05) is 4.90 Å². The molecule has 0 saturated carbocycles. The SMILES string of the molecule is CC1(C)c2ccccc2-c2c(-c3ccccc3)cc(N(c3ccc4cccc(-c5ccccc5)c4c3)c3ccc4c5ccccc5n(C(C)(C)C)c4c3)cc21. The lowest BCUT2D eigenvalue weighted by Crippen LogP contribution is -2.21. The van der Waals surface area contributed by atoms with E-state index in [4.69, 9.17) is 0 Å². The van der Waals surface area contributed by atoms with Crippen LogP contribution in [-0.4, -0.2) is 4.57 Å². The molecule has 0 bridgehead atoms. The van der Waals surface area contributed by atoms with Crippen LogP contribution in [0, 0.1) is 0 Å². The molecule has 1 aromatic heterocycles. The van der Waals surface area contributed by atoms with E-state index in [1.807, 2.05) is 0 Å². The third-order valence-electron chi connectivity index (χ3n) is 11.8. The van der Waals surface area contributed by atoms with Crippen LogP contribution >= 0.6 is 0 Å². The van der Waals surface area contributed by atoms with Gasteiger partial charge in [0.15, 0.2) is 0 Å². The zero-order valence-corrected chi connectivity index (χ0v) is 32.1.